The molecule has 142 valence electrons. The van der Waals surface area contributed by atoms with E-state index in [1.165, 1.54) is 4.90 Å². The number of nitrogens with one attached hydrogen (secondary N) is 1. The van der Waals surface area contributed by atoms with Gasteiger partial charge < -0.3 is 10.2 Å². The first-order valence-electron chi connectivity index (χ1n) is 9.08. The molecule has 1 aliphatic heterocycles. The lowest BCUT2D eigenvalue weighted by Crippen LogP contribution is -2.46. The summed E-state index contributed by atoms with van der Waals surface area (Å²) < 4.78 is 23.4. The van der Waals surface area contributed by atoms with Crippen LogP contribution in [0.4, 0.5) is 5.69 Å². The number of rotatable bonds is 5. The van der Waals surface area contributed by atoms with Crippen LogP contribution in [0.15, 0.2) is 18.2 Å². The molecule has 0 aromatic heterocycles. The zero-order chi connectivity index (χ0) is 19.1. The Kier molecular flexibility index (Phi) is 4.86. The number of aryl methyl sites for hydroxylation is 2. The van der Waals surface area contributed by atoms with Crippen LogP contribution in [0.5, 0.6) is 0 Å². The molecular weight excluding hydrogens is 352 g/mol. The van der Waals surface area contributed by atoms with Crippen LogP contribution in [0.3, 0.4) is 0 Å². The van der Waals surface area contributed by atoms with Gasteiger partial charge in [0.15, 0.2) is 9.84 Å². The summed E-state index contributed by atoms with van der Waals surface area (Å²) >= 11 is 0. The molecule has 0 radical (unpaired) electrons. The van der Waals surface area contributed by atoms with Crippen molar-refractivity contribution in [2.45, 2.75) is 45.6 Å². The van der Waals surface area contributed by atoms with Gasteiger partial charge in [0.1, 0.15) is 5.41 Å². The molecule has 6 nitrogen and oxygen atoms in total. The molecule has 0 spiro atoms. The highest BCUT2D eigenvalue weighted by molar-refractivity contribution is 7.91. The molecule has 1 unspecified atom stereocenters. The molecule has 1 aliphatic carbocycles. The van der Waals surface area contributed by atoms with Crippen LogP contribution in [0.25, 0.3) is 0 Å². The van der Waals surface area contributed by atoms with E-state index in [0.29, 0.717) is 19.3 Å². The van der Waals surface area contributed by atoms with Crippen molar-refractivity contribution in [3.63, 3.8) is 0 Å². The number of para-hydroxylation sites is 1. The van der Waals surface area contributed by atoms with E-state index < -0.39 is 15.3 Å². The van der Waals surface area contributed by atoms with Crippen molar-refractivity contribution < 1.29 is 18.0 Å². The van der Waals surface area contributed by atoms with Crippen LogP contribution < -0.4 is 5.32 Å². The Balaban J connectivity index is 1.76. The number of anilines is 1. The summed E-state index contributed by atoms with van der Waals surface area (Å²) in [4.78, 5) is 27.4. The minimum Gasteiger partial charge on any atom is -0.341 e. The predicted octanol–water partition coefficient (Wildman–Crippen LogP) is 1.92. The first-order chi connectivity index (χ1) is 12.2. The summed E-state index contributed by atoms with van der Waals surface area (Å²) in [5.74, 6) is -0.439. The number of amides is 2. The lowest BCUT2D eigenvalue weighted by Gasteiger charge is -2.28. The molecule has 1 aromatic rings. The van der Waals surface area contributed by atoms with E-state index in [2.05, 4.69) is 5.32 Å². The Morgan fingerprint density at radius 2 is 2.00 bits per heavy atom. The highest BCUT2D eigenvalue weighted by Crippen LogP contribution is 2.48. The van der Waals surface area contributed by atoms with E-state index in [1.54, 1.807) is 7.05 Å². The van der Waals surface area contributed by atoms with Crippen LogP contribution in [0.1, 0.15) is 37.3 Å². The molecule has 1 saturated heterocycles. The summed E-state index contributed by atoms with van der Waals surface area (Å²) in [6.07, 6.45) is 2.25. The molecule has 26 heavy (non-hydrogen) atoms. The molecule has 1 aromatic carbocycles. The Hall–Kier alpha value is -1.89. The summed E-state index contributed by atoms with van der Waals surface area (Å²) in [6.45, 7) is 3.96. The second kappa shape index (κ2) is 6.68. The van der Waals surface area contributed by atoms with Crippen molar-refractivity contribution in [1.82, 2.24) is 4.90 Å². The van der Waals surface area contributed by atoms with Crippen molar-refractivity contribution in [2.24, 2.45) is 5.41 Å². The molecule has 2 aliphatic rings. The lowest BCUT2D eigenvalue weighted by atomic mass is 10.0. The number of carbonyl (C=O) groups is 2. The lowest BCUT2D eigenvalue weighted by molar-refractivity contribution is -0.142. The van der Waals surface area contributed by atoms with Gasteiger partial charge in [-0.1, -0.05) is 25.1 Å². The quantitative estimate of drug-likeness (QED) is 0.794. The van der Waals surface area contributed by atoms with Crippen molar-refractivity contribution in [1.29, 1.82) is 0 Å². The van der Waals surface area contributed by atoms with Crippen molar-refractivity contribution in [2.75, 3.05) is 23.9 Å². The molecular formula is C19H26N2O4S. The van der Waals surface area contributed by atoms with Gasteiger partial charge >= 0.3 is 0 Å². The maximum Gasteiger partial charge on any atom is 0.240 e. The van der Waals surface area contributed by atoms with Gasteiger partial charge in [0.2, 0.25) is 11.8 Å². The second-order valence-corrected chi connectivity index (χ2v) is 9.70. The largest absolute Gasteiger partial charge is 0.341 e. The third-order valence-electron chi connectivity index (χ3n) is 5.65. The molecule has 2 amide bonds. The van der Waals surface area contributed by atoms with Crippen molar-refractivity contribution in [3.8, 4) is 0 Å². The Morgan fingerprint density at radius 3 is 2.54 bits per heavy atom. The fraction of sp³-hybridized carbons (Fsp3) is 0.579. The van der Waals surface area contributed by atoms with E-state index in [-0.39, 0.29) is 29.4 Å². The number of benzene rings is 1. The maximum atomic E-state index is 13.0. The minimum atomic E-state index is -3.08. The zero-order valence-corrected chi connectivity index (χ0v) is 16.4. The zero-order valence-electron chi connectivity index (χ0n) is 15.5. The molecule has 1 N–H and O–H groups in total. The molecule has 1 atom stereocenters. The van der Waals surface area contributed by atoms with Gasteiger partial charge in [0.05, 0.1) is 11.5 Å². The Morgan fingerprint density at radius 1 is 1.31 bits per heavy atom. The highest BCUT2D eigenvalue weighted by atomic mass is 32.2. The summed E-state index contributed by atoms with van der Waals surface area (Å²) in [5, 5.41) is 2.97. The number of sulfone groups is 1. The van der Waals surface area contributed by atoms with Crippen molar-refractivity contribution >= 4 is 27.3 Å². The third kappa shape index (κ3) is 3.37. The monoisotopic (exact) mass is 378 g/mol. The van der Waals surface area contributed by atoms with Gasteiger partial charge in [-0.05, 0) is 43.7 Å². The predicted molar refractivity (Wildman–Crippen MR) is 101 cm³/mol. The van der Waals surface area contributed by atoms with Crippen LogP contribution >= 0.6 is 0 Å². The normalized spacial score (nSPS) is 22.7. The fourth-order valence-corrected chi connectivity index (χ4v) is 5.46. The van der Waals surface area contributed by atoms with Gasteiger partial charge in [-0.2, -0.15) is 0 Å². The van der Waals surface area contributed by atoms with Crippen molar-refractivity contribution in [3.05, 3.63) is 29.3 Å². The number of hydrogen-bond acceptors (Lipinski definition) is 4. The van der Waals surface area contributed by atoms with E-state index in [4.69, 9.17) is 0 Å². The van der Waals surface area contributed by atoms with Gasteiger partial charge in [-0.15, -0.1) is 0 Å². The first kappa shape index (κ1) is 18.9. The smallest absolute Gasteiger partial charge is 0.240 e. The standard InChI is InChI=1S/C19H26N2O4S/c1-4-14-7-5-6-13(2)16(14)20-17(22)19(9-10-19)18(23)21(3)15-8-11-26(24,25)12-15/h5-7,15H,4,8-12H2,1-3H3,(H,20,22). The molecule has 0 bridgehead atoms. The Bertz CT molecular complexity index is 843. The maximum absolute atomic E-state index is 13.0. The van der Waals surface area contributed by atoms with E-state index in [9.17, 15) is 18.0 Å². The second-order valence-electron chi connectivity index (χ2n) is 7.47. The molecule has 1 heterocycles. The highest BCUT2D eigenvalue weighted by Gasteiger charge is 2.58. The topological polar surface area (TPSA) is 83.6 Å². The fourth-order valence-electron chi connectivity index (χ4n) is 3.68. The number of nitrogens with zero attached hydrogens (tertiary/aromatic N) is 1. The van der Waals surface area contributed by atoms with E-state index in [0.717, 1.165) is 23.2 Å². The van der Waals surface area contributed by atoms with Gasteiger partial charge in [-0.25, -0.2) is 8.42 Å². The average Bonchev–Trinajstić information content (AvgIpc) is 3.33. The van der Waals surface area contributed by atoms with E-state index >= 15 is 0 Å². The summed E-state index contributed by atoms with van der Waals surface area (Å²) in [6, 6.07) is 5.53. The van der Waals surface area contributed by atoms with Crippen LogP contribution in [-0.2, 0) is 25.8 Å². The first-order valence-corrected chi connectivity index (χ1v) is 10.9. The van der Waals surface area contributed by atoms with Crippen LogP contribution in [0.2, 0.25) is 0 Å². The molecule has 1 saturated carbocycles. The van der Waals surface area contributed by atoms with Crippen LogP contribution in [-0.4, -0.2) is 49.7 Å². The number of carbonyl (C=O) groups excluding carboxylic acids is 2. The van der Waals surface area contributed by atoms with Gasteiger partial charge in [-0.3, -0.25) is 9.59 Å². The minimum absolute atomic E-state index is 0.00921. The SMILES string of the molecule is CCc1cccc(C)c1NC(=O)C1(C(=O)N(C)C2CCS(=O)(=O)C2)CC1. The summed E-state index contributed by atoms with van der Waals surface area (Å²) in [7, 11) is -1.46. The number of hydrogen-bond donors (Lipinski definition) is 1. The molecule has 7 heteroatoms. The summed E-state index contributed by atoms with van der Waals surface area (Å²) in [5.41, 5.74) is 1.74. The van der Waals surface area contributed by atoms with Gasteiger partial charge in [0, 0.05) is 18.8 Å². The molecule has 3 rings (SSSR count). The Labute approximate surface area is 154 Å². The van der Waals surface area contributed by atoms with E-state index in [1.807, 2.05) is 32.0 Å². The third-order valence-corrected chi connectivity index (χ3v) is 7.40. The van der Waals surface area contributed by atoms with Crippen LogP contribution in [0, 0.1) is 12.3 Å². The average molecular weight is 378 g/mol. The van der Waals surface area contributed by atoms with Gasteiger partial charge in [0.25, 0.3) is 0 Å². The molecule has 2 fully saturated rings.